The van der Waals surface area contributed by atoms with Crippen LogP contribution in [0.5, 0.6) is 5.75 Å². The van der Waals surface area contributed by atoms with Gasteiger partial charge in [-0.1, -0.05) is 19.1 Å². The van der Waals surface area contributed by atoms with Crippen molar-refractivity contribution in [3.8, 4) is 5.75 Å². The standard InChI is InChI=1S/C16H27NO3/c1-5-17(8-9-18)10-15(19)11-20-16-13(3)7-6-12(2)14(16)4/h6-7,15,18-19H,5,8-11H2,1-4H3. The Balaban J connectivity index is 2.57. The van der Waals surface area contributed by atoms with E-state index in [4.69, 9.17) is 9.84 Å². The van der Waals surface area contributed by atoms with Crippen molar-refractivity contribution < 1.29 is 14.9 Å². The van der Waals surface area contributed by atoms with Crippen LogP contribution in [-0.2, 0) is 0 Å². The molecule has 0 amide bonds. The Labute approximate surface area is 122 Å². The lowest BCUT2D eigenvalue weighted by Gasteiger charge is -2.23. The first-order chi connectivity index (χ1) is 9.49. The number of rotatable bonds is 8. The van der Waals surface area contributed by atoms with Crippen LogP contribution in [-0.4, -0.2) is 54.1 Å². The van der Waals surface area contributed by atoms with Gasteiger partial charge in [-0.2, -0.15) is 0 Å². The van der Waals surface area contributed by atoms with Crippen molar-refractivity contribution >= 4 is 0 Å². The number of benzene rings is 1. The molecule has 0 saturated heterocycles. The highest BCUT2D eigenvalue weighted by Crippen LogP contribution is 2.25. The zero-order valence-corrected chi connectivity index (χ0v) is 13.0. The summed E-state index contributed by atoms with van der Waals surface area (Å²) in [6.07, 6.45) is -0.555. The molecule has 1 atom stereocenters. The predicted molar refractivity (Wildman–Crippen MR) is 81.4 cm³/mol. The second-order valence-electron chi connectivity index (χ2n) is 5.24. The number of ether oxygens (including phenoxy) is 1. The number of likely N-dealkylation sites (N-methyl/N-ethyl adjacent to an activating group) is 1. The Bertz CT molecular complexity index is 420. The molecule has 1 unspecified atom stereocenters. The lowest BCUT2D eigenvalue weighted by atomic mass is 10.1. The number of aliphatic hydroxyl groups excluding tert-OH is 2. The van der Waals surface area contributed by atoms with Gasteiger partial charge in [-0.25, -0.2) is 0 Å². The van der Waals surface area contributed by atoms with Crippen molar-refractivity contribution in [1.82, 2.24) is 4.90 Å². The summed E-state index contributed by atoms with van der Waals surface area (Å²) in [7, 11) is 0. The van der Waals surface area contributed by atoms with Gasteiger partial charge in [0.05, 0.1) is 6.61 Å². The molecule has 0 fully saturated rings. The molecule has 0 aromatic heterocycles. The monoisotopic (exact) mass is 281 g/mol. The van der Waals surface area contributed by atoms with Crippen LogP contribution >= 0.6 is 0 Å². The number of nitrogens with zero attached hydrogens (tertiary/aromatic N) is 1. The highest BCUT2D eigenvalue weighted by atomic mass is 16.5. The molecule has 0 spiro atoms. The van der Waals surface area contributed by atoms with Crippen molar-refractivity contribution in [1.29, 1.82) is 0 Å². The molecule has 1 aromatic rings. The van der Waals surface area contributed by atoms with Crippen LogP contribution in [0, 0.1) is 20.8 Å². The van der Waals surface area contributed by atoms with Gasteiger partial charge in [-0.15, -0.1) is 0 Å². The quantitative estimate of drug-likeness (QED) is 0.761. The Hall–Kier alpha value is -1.10. The number of aryl methyl sites for hydroxylation is 2. The predicted octanol–water partition coefficient (Wildman–Crippen LogP) is 1.67. The van der Waals surface area contributed by atoms with E-state index in [2.05, 4.69) is 13.0 Å². The largest absolute Gasteiger partial charge is 0.490 e. The van der Waals surface area contributed by atoms with E-state index >= 15 is 0 Å². The van der Waals surface area contributed by atoms with Gasteiger partial charge in [-0.3, -0.25) is 4.90 Å². The average Bonchev–Trinajstić information content (AvgIpc) is 2.42. The SMILES string of the molecule is CCN(CCO)CC(O)COc1c(C)ccc(C)c1C. The fraction of sp³-hybridized carbons (Fsp3) is 0.625. The van der Waals surface area contributed by atoms with Crippen molar-refractivity contribution in [2.45, 2.75) is 33.8 Å². The molecule has 0 aliphatic rings. The minimum Gasteiger partial charge on any atom is -0.490 e. The smallest absolute Gasteiger partial charge is 0.125 e. The zero-order chi connectivity index (χ0) is 15.1. The summed E-state index contributed by atoms with van der Waals surface area (Å²) < 4.78 is 5.79. The molecule has 1 aromatic carbocycles. The third-order valence-electron chi connectivity index (χ3n) is 3.63. The van der Waals surface area contributed by atoms with Crippen LogP contribution in [0.25, 0.3) is 0 Å². The molecule has 114 valence electrons. The van der Waals surface area contributed by atoms with Gasteiger partial charge in [0.15, 0.2) is 0 Å². The Morgan fingerprint density at radius 2 is 1.85 bits per heavy atom. The number of aliphatic hydroxyl groups is 2. The minimum atomic E-state index is -0.555. The second kappa shape index (κ2) is 8.25. The minimum absolute atomic E-state index is 0.109. The van der Waals surface area contributed by atoms with Crippen LogP contribution in [0.2, 0.25) is 0 Å². The van der Waals surface area contributed by atoms with Crippen LogP contribution in [0.3, 0.4) is 0 Å². The van der Waals surface area contributed by atoms with Crippen LogP contribution in [0.4, 0.5) is 0 Å². The van der Waals surface area contributed by atoms with Gasteiger partial charge in [0.25, 0.3) is 0 Å². The second-order valence-corrected chi connectivity index (χ2v) is 5.24. The first kappa shape index (κ1) is 17.0. The van der Waals surface area contributed by atoms with Gasteiger partial charge >= 0.3 is 0 Å². The van der Waals surface area contributed by atoms with E-state index in [9.17, 15) is 5.11 Å². The van der Waals surface area contributed by atoms with Crippen LogP contribution in [0.15, 0.2) is 12.1 Å². The average molecular weight is 281 g/mol. The van der Waals surface area contributed by atoms with Crippen molar-refractivity contribution in [2.75, 3.05) is 32.8 Å². The van der Waals surface area contributed by atoms with Crippen LogP contribution < -0.4 is 4.74 Å². The molecule has 0 saturated carbocycles. The van der Waals surface area contributed by atoms with Crippen molar-refractivity contribution in [3.05, 3.63) is 28.8 Å². The molecule has 0 aliphatic heterocycles. The van der Waals surface area contributed by atoms with Gasteiger partial charge in [0.2, 0.25) is 0 Å². The van der Waals surface area contributed by atoms with E-state index < -0.39 is 6.10 Å². The van der Waals surface area contributed by atoms with E-state index in [1.54, 1.807) is 0 Å². The Morgan fingerprint density at radius 3 is 2.45 bits per heavy atom. The zero-order valence-electron chi connectivity index (χ0n) is 13.0. The molecule has 0 bridgehead atoms. The molecular weight excluding hydrogens is 254 g/mol. The molecule has 4 heteroatoms. The fourth-order valence-corrected chi connectivity index (χ4v) is 2.20. The molecule has 0 heterocycles. The van der Waals surface area contributed by atoms with Gasteiger partial charge in [0.1, 0.15) is 18.5 Å². The van der Waals surface area contributed by atoms with E-state index in [-0.39, 0.29) is 13.2 Å². The summed E-state index contributed by atoms with van der Waals surface area (Å²) in [5, 5.41) is 19.0. The molecular formula is C16H27NO3. The molecule has 2 N–H and O–H groups in total. The van der Waals surface area contributed by atoms with Crippen molar-refractivity contribution in [3.63, 3.8) is 0 Å². The summed E-state index contributed by atoms with van der Waals surface area (Å²) >= 11 is 0. The summed E-state index contributed by atoms with van der Waals surface area (Å²) in [6.45, 7) is 10.4. The number of hydrogen-bond donors (Lipinski definition) is 2. The van der Waals surface area contributed by atoms with Gasteiger partial charge in [0, 0.05) is 13.1 Å². The lowest BCUT2D eigenvalue weighted by molar-refractivity contribution is 0.0634. The van der Waals surface area contributed by atoms with Crippen molar-refractivity contribution in [2.24, 2.45) is 0 Å². The maximum absolute atomic E-state index is 10.0. The third-order valence-corrected chi connectivity index (χ3v) is 3.63. The summed E-state index contributed by atoms with van der Waals surface area (Å²) in [6, 6.07) is 4.11. The molecule has 1 rings (SSSR count). The first-order valence-electron chi connectivity index (χ1n) is 7.20. The van der Waals surface area contributed by atoms with E-state index in [0.717, 1.165) is 23.4 Å². The van der Waals surface area contributed by atoms with E-state index in [1.807, 2.05) is 31.7 Å². The van der Waals surface area contributed by atoms with Gasteiger partial charge in [-0.05, 0) is 44.0 Å². The molecule has 0 radical (unpaired) electrons. The summed E-state index contributed by atoms with van der Waals surface area (Å²) in [5.74, 6) is 0.870. The topological polar surface area (TPSA) is 52.9 Å². The highest BCUT2D eigenvalue weighted by Gasteiger charge is 2.13. The maximum atomic E-state index is 10.0. The summed E-state index contributed by atoms with van der Waals surface area (Å²) in [4.78, 5) is 2.00. The van der Waals surface area contributed by atoms with E-state index in [1.165, 1.54) is 5.56 Å². The summed E-state index contributed by atoms with van der Waals surface area (Å²) in [5.41, 5.74) is 3.40. The molecule has 0 aliphatic carbocycles. The molecule has 4 nitrogen and oxygen atoms in total. The molecule has 20 heavy (non-hydrogen) atoms. The maximum Gasteiger partial charge on any atom is 0.125 e. The number of hydrogen-bond acceptors (Lipinski definition) is 4. The third kappa shape index (κ3) is 4.78. The Morgan fingerprint density at radius 1 is 1.20 bits per heavy atom. The first-order valence-corrected chi connectivity index (χ1v) is 7.20. The van der Waals surface area contributed by atoms with E-state index in [0.29, 0.717) is 13.1 Å². The normalized spacial score (nSPS) is 12.8. The van der Waals surface area contributed by atoms with Gasteiger partial charge < -0.3 is 14.9 Å². The Kier molecular flexibility index (Phi) is 6.99. The lowest BCUT2D eigenvalue weighted by Crippen LogP contribution is -2.37. The highest BCUT2D eigenvalue weighted by molar-refractivity contribution is 5.44. The fourth-order valence-electron chi connectivity index (χ4n) is 2.20. The van der Waals surface area contributed by atoms with Crippen LogP contribution in [0.1, 0.15) is 23.6 Å².